The molecule has 5 N–H and O–H groups in total. The first-order valence-electron chi connectivity index (χ1n) is 9.30. The number of nitrogens with one attached hydrogen (secondary N) is 3. The van der Waals surface area contributed by atoms with Crippen molar-refractivity contribution < 1.29 is 29.4 Å². The Morgan fingerprint density at radius 1 is 0.967 bits per heavy atom. The zero-order valence-electron chi connectivity index (χ0n) is 16.5. The van der Waals surface area contributed by atoms with Crippen LogP contribution >= 0.6 is 34.4 Å². The zero-order chi connectivity index (χ0) is 22.5. The van der Waals surface area contributed by atoms with E-state index in [0.29, 0.717) is 30.7 Å². The Hall–Kier alpha value is -2.02. The minimum absolute atomic E-state index is 0.157. The zero-order valence-corrected chi connectivity index (χ0v) is 19.5. The molecule has 0 radical (unpaired) electrons. The van der Waals surface area contributed by atoms with E-state index in [4.69, 9.17) is 5.11 Å². The molecule has 0 saturated heterocycles. The number of carbonyl (C=O) groups excluding carboxylic acids is 2. The number of benzene rings is 1. The van der Waals surface area contributed by atoms with E-state index in [1.54, 1.807) is 12.1 Å². The van der Waals surface area contributed by atoms with Gasteiger partial charge < -0.3 is 26.2 Å². The summed E-state index contributed by atoms with van der Waals surface area (Å²) in [5.74, 6) is -2.03. The fraction of sp³-hybridized carbons (Fsp3) is 0.474. The number of carbonyl (C=O) groups is 4. The van der Waals surface area contributed by atoms with Gasteiger partial charge in [-0.2, -0.15) is 11.8 Å². The van der Waals surface area contributed by atoms with Crippen LogP contribution in [-0.4, -0.2) is 64.7 Å². The van der Waals surface area contributed by atoms with Crippen LogP contribution in [-0.2, 0) is 9.59 Å². The Morgan fingerprint density at radius 2 is 1.53 bits per heavy atom. The van der Waals surface area contributed by atoms with Crippen LogP contribution in [0.25, 0.3) is 0 Å². The van der Waals surface area contributed by atoms with E-state index in [1.807, 2.05) is 18.4 Å². The lowest BCUT2D eigenvalue weighted by Gasteiger charge is -2.18. The van der Waals surface area contributed by atoms with Crippen molar-refractivity contribution in [1.82, 2.24) is 16.0 Å². The third-order valence-corrected chi connectivity index (χ3v) is 5.49. The predicted octanol–water partition coefficient (Wildman–Crippen LogP) is 2.15. The molecule has 9 nitrogen and oxygen atoms in total. The van der Waals surface area contributed by atoms with Gasteiger partial charge in [-0.25, -0.2) is 14.4 Å². The second kappa shape index (κ2) is 14.1. The highest BCUT2D eigenvalue weighted by Gasteiger charge is 2.23. The first-order valence-corrected chi connectivity index (χ1v) is 11.8. The monoisotopic (exact) mass is 551 g/mol. The number of urea groups is 1. The summed E-state index contributed by atoms with van der Waals surface area (Å²) in [5, 5.41) is 25.8. The molecule has 0 unspecified atom stereocenters. The Balaban J connectivity index is 2.38. The van der Waals surface area contributed by atoms with Gasteiger partial charge >= 0.3 is 18.0 Å². The molecule has 0 spiro atoms. The molecule has 166 valence electrons. The molecule has 0 aliphatic heterocycles. The minimum Gasteiger partial charge on any atom is -0.480 e. The van der Waals surface area contributed by atoms with Crippen LogP contribution in [0.4, 0.5) is 4.79 Å². The van der Waals surface area contributed by atoms with Gasteiger partial charge in [0.15, 0.2) is 0 Å². The molecule has 1 aromatic carbocycles. The standard InChI is InChI=1S/C19H26IN3O6S/c1-30-11-9-15(18(27)28)23-19(29)22-14(17(25)26)4-2-3-10-21-16(24)12-5-7-13(20)8-6-12/h5-8,14-15H,2-4,9-11H2,1H3,(H,21,24)(H,25,26)(H,27,28)(H2,22,23,29)/t14-,15-/m0/s1. The van der Waals surface area contributed by atoms with Gasteiger partial charge in [0.1, 0.15) is 12.1 Å². The second-order valence-electron chi connectivity index (χ2n) is 6.44. The largest absolute Gasteiger partial charge is 0.480 e. The maximum atomic E-state index is 12.0. The van der Waals surface area contributed by atoms with Gasteiger partial charge in [0.25, 0.3) is 5.91 Å². The molecule has 0 aliphatic carbocycles. The summed E-state index contributed by atoms with van der Waals surface area (Å²) in [5.41, 5.74) is 0.548. The highest BCUT2D eigenvalue weighted by Crippen LogP contribution is 2.07. The molecule has 30 heavy (non-hydrogen) atoms. The molecule has 0 fully saturated rings. The smallest absolute Gasteiger partial charge is 0.326 e. The lowest BCUT2D eigenvalue weighted by molar-refractivity contribution is -0.139. The molecule has 2 atom stereocenters. The highest BCUT2D eigenvalue weighted by atomic mass is 127. The van der Waals surface area contributed by atoms with Crippen molar-refractivity contribution >= 4 is 58.2 Å². The van der Waals surface area contributed by atoms with E-state index in [1.165, 1.54) is 11.8 Å². The number of thioether (sulfide) groups is 1. The third-order valence-electron chi connectivity index (χ3n) is 4.13. The number of carboxylic acid groups (broad SMARTS) is 2. The maximum Gasteiger partial charge on any atom is 0.326 e. The summed E-state index contributed by atoms with van der Waals surface area (Å²) in [6.07, 6.45) is 3.21. The number of unbranched alkanes of at least 4 members (excludes halogenated alkanes) is 1. The molecule has 1 aromatic rings. The van der Waals surface area contributed by atoms with Gasteiger partial charge in [-0.3, -0.25) is 4.79 Å². The fourth-order valence-corrected chi connectivity index (χ4v) is 3.32. The van der Waals surface area contributed by atoms with Gasteiger partial charge in [0.2, 0.25) is 0 Å². The SMILES string of the molecule is CSCC[C@H](NC(=O)N[C@@H](CCCCNC(=O)c1ccc(I)cc1)C(=O)O)C(=O)O. The molecule has 11 heteroatoms. The van der Waals surface area contributed by atoms with E-state index >= 15 is 0 Å². The van der Waals surface area contributed by atoms with Crippen molar-refractivity contribution in [2.75, 3.05) is 18.6 Å². The Kier molecular flexibility index (Phi) is 12.2. The number of rotatable bonds is 13. The van der Waals surface area contributed by atoms with Crippen LogP contribution in [0.3, 0.4) is 0 Å². The molecule has 1 rings (SSSR count). The van der Waals surface area contributed by atoms with Crippen LogP contribution in [0.2, 0.25) is 0 Å². The average molecular weight is 551 g/mol. The summed E-state index contributed by atoms with van der Waals surface area (Å²) in [6.45, 7) is 0.374. The second-order valence-corrected chi connectivity index (χ2v) is 8.67. The number of amides is 3. The molecule has 0 heterocycles. The quantitative estimate of drug-likeness (QED) is 0.187. The number of carboxylic acids is 2. The molecule has 0 aromatic heterocycles. The molecule has 0 aliphatic rings. The van der Waals surface area contributed by atoms with Crippen molar-refractivity contribution in [1.29, 1.82) is 0 Å². The van der Waals surface area contributed by atoms with E-state index < -0.39 is 30.1 Å². The number of hydrogen-bond donors (Lipinski definition) is 5. The maximum absolute atomic E-state index is 12.0. The van der Waals surface area contributed by atoms with Crippen molar-refractivity contribution in [2.24, 2.45) is 0 Å². The first kappa shape index (κ1) is 26.0. The summed E-state index contributed by atoms with van der Waals surface area (Å²) in [4.78, 5) is 46.6. The van der Waals surface area contributed by atoms with Gasteiger partial charge in [-0.15, -0.1) is 0 Å². The van der Waals surface area contributed by atoms with E-state index in [-0.39, 0.29) is 18.7 Å². The number of hydrogen-bond acceptors (Lipinski definition) is 5. The van der Waals surface area contributed by atoms with Crippen molar-refractivity contribution in [3.8, 4) is 0 Å². The van der Waals surface area contributed by atoms with Crippen LogP contribution in [0.1, 0.15) is 36.0 Å². The third kappa shape index (κ3) is 10.1. The first-order chi connectivity index (χ1) is 14.2. The topological polar surface area (TPSA) is 145 Å². The van der Waals surface area contributed by atoms with Crippen molar-refractivity contribution in [3.63, 3.8) is 0 Å². The molecule has 0 bridgehead atoms. The van der Waals surface area contributed by atoms with Crippen LogP contribution < -0.4 is 16.0 Å². The lowest BCUT2D eigenvalue weighted by atomic mass is 10.1. The Bertz CT molecular complexity index is 731. The molecular formula is C19H26IN3O6S. The van der Waals surface area contributed by atoms with Gasteiger partial charge in [-0.05, 0) is 84.5 Å². The van der Waals surface area contributed by atoms with E-state index in [9.17, 15) is 24.3 Å². The normalized spacial score (nSPS) is 12.5. The average Bonchev–Trinajstić information content (AvgIpc) is 2.69. The van der Waals surface area contributed by atoms with Gasteiger partial charge in [-0.1, -0.05) is 0 Å². The van der Waals surface area contributed by atoms with Gasteiger partial charge in [0.05, 0.1) is 0 Å². The summed E-state index contributed by atoms with van der Waals surface area (Å²) < 4.78 is 1.03. The summed E-state index contributed by atoms with van der Waals surface area (Å²) in [6, 6.07) is 4.06. The van der Waals surface area contributed by atoms with Crippen molar-refractivity contribution in [3.05, 3.63) is 33.4 Å². The van der Waals surface area contributed by atoms with Crippen molar-refractivity contribution in [2.45, 2.75) is 37.8 Å². The van der Waals surface area contributed by atoms with Crippen LogP contribution in [0.5, 0.6) is 0 Å². The molecule has 3 amide bonds. The molecule has 0 saturated carbocycles. The lowest BCUT2D eigenvalue weighted by Crippen LogP contribution is -2.51. The summed E-state index contributed by atoms with van der Waals surface area (Å²) in [7, 11) is 0. The number of aliphatic carboxylic acids is 2. The van der Waals surface area contributed by atoms with Gasteiger partial charge in [0, 0.05) is 15.7 Å². The number of halogens is 1. The van der Waals surface area contributed by atoms with Crippen LogP contribution in [0, 0.1) is 3.57 Å². The van der Waals surface area contributed by atoms with E-state index in [2.05, 4.69) is 38.5 Å². The minimum atomic E-state index is -1.20. The molecular weight excluding hydrogens is 525 g/mol. The van der Waals surface area contributed by atoms with Crippen LogP contribution in [0.15, 0.2) is 24.3 Å². The summed E-state index contributed by atoms with van der Waals surface area (Å²) >= 11 is 3.60. The highest BCUT2D eigenvalue weighted by molar-refractivity contribution is 14.1. The Labute approximate surface area is 192 Å². The Morgan fingerprint density at radius 3 is 2.07 bits per heavy atom. The fourth-order valence-electron chi connectivity index (χ4n) is 2.49. The predicted molar refractivity (Wildman–Crippen MR) is 123 cm³/mol. The van der Waals surface area contributed by atoms with E-state index in [0.717, 1.165) is 3.57 Å².